The molecular weight excluding hydrogens is 138 g/mol. The van der Waals surface area contributed by atoms with Crippen LogP contribution in [0.15, 0.2) is 0 Å². The summed E-state index contributed by atoms with van der Waals surface area (Å²) in [5.41, 5.74) is 0. The Balaban J connectivity index is 2.35. The van der Waals surface area contributed by atoms with Crippen molar-refractivity contribution in [1.29, 1.82) is 5.41 Å². The van der Waals surface area contributed by atoms with Gasteiger partial charge in [0.2, 0.25) is 0 Å². The highest BCUT2D eigenvalue weighted by Gasteiger charge is 2.26. The van der Waals surface area contributed by atoms with Gasteiger partial charge in [0, 0.05) is 5.92 Å². The molecule has 2 atom stereocenters. The maximum Gasteiger partial charge on any atom is 0.183 e. The summed E-state index contributed by atoms with van der Waals surface area (Å²) in [7, 11) is 1.60. The van der Waals surface area contributed by atoms with Gasteiger partial charge in [-0.05, 0) is 25.2 Å². The van der Waals surface area contributed by atoms with E-state index in [9.17, 15) is 0 Å². The van der Waals surface area contributed by atoms with Crippen molar-refractivity contribution in [2.24, 2.45) is 11.8 Å². The van der Waals surface area contributed by atoms with Crippen molar-refractivity contribution in [3.05, 3.63) is 0 Å². The molecule has 0 radical (unpaired) electrons. The molecule has 0 heterocycles. The van der Waals surface area contributed by atoms with Crippen LogP contribution < -0.4 is 0 Å². The van der Waals surface area contributed by atoms with Crippen LogP contribution >= 0.6 is 0 Å². The minimum absolute atomic E-state index is 0.421. The van der Waals surface area contributed by atoms with Crippen molar-refractivity contribution >= 4 is 5.90 Å². The lowest BCUT2D eigenvalue weighted by atomic mass is 10.0. The quantitative estimate of drug-likeness (QED) is 0.482. The van der Waals surface area contributed by atoms with Crippen LogP contribution in [0.3, 0.4) is 0 Å². The number of ether oxygens (including phenoxy) is 1. The van der Waals surface area contributed by atoms with E-state index in [0.29, 0.717) is 11.8 Å². The van der Waals surface area contributed by atoms with E-state index in [1.165, 1.54) is 19.3 Å². The zero-order chi connectivity index (χ0) is 8.27. The first-order chi connectivity index (χ1) is 5.27. The first-order valence-electron chi connectivity index (χ1n) is 4.40. The van der Waals surface area contributed by atoms with E-state index < -0.39 is 0 Å². The van der Waals surface area contributed by atoms with Gasteiger partial charge in [-0.2, -0.15) is 0 Å². The molecule has 0 aliphatic heterocycles. The number of nitrogens with one attached hydrogen (secondary N) is 1. The molecule has 0 aromatic rings. The van der Waals surface area contributed by atoms with E-state index in [1.807, 2.05) is 0 Å². The predicted octanol–water partition coefficient (Wildman–Crippen LogP) is 2.44. The van der Waals surface area contributed by atoms with Crippen molar-refractivity contribution < 1.29 is 4.74 Å². The molecule has 0 bridgehead atoms. The van der Waals surface area contributed by atoms with E-state index in [0.717, 1.165) is 12.3 Å². The fraction of sp³-hybridized carbons (Fsp3) is 0.889. The van der Waals surface area contributed by atoms with Crippen LogP contribution in [0.1, 0.15) is 32.6 Å². The smallest absolute Gasteiger partial charge is 0.183 e. The lowest BCUT2D eigenvalue weighted by molar-refractivity contribution is 0.357. The predicted molar refractivity (Wildman–Crippen MR) is 45.9 cm³/mol. The summed E-state index contributed by atoms with van der Waals surface area (Å²) in [4.78, 5) is 0. The summed E-state index contributed by atoms with van der Waals surface area (Å²) in [6.07, 6.45) is 4.87. The number of rotatable bonds is 2. The van der Waals surface area contributed by atoms with E-state index in [-0.39, 0.29) is 0 Å². The first-order valence-corrected chi connectivity index (χ1v) is 4.40. The van der Waals surface area contributed by atoms with Crippen LogP contribution in [0.4, 0.5) is 0 Å². The third kappa shape index (κ3) is 1.95. The Morgan fingerprint density at radius 1 is 1.55 bits per heavy atom. The van der Waals surface area contributed by atoms with Crippen molar-refractivity contribution in [2.45, 2.75) is 32.6 Å². The summed E-state index contributed by atoms with van der Waals surface area (Å²) in [6.45, 7) is 2.23. The Hall–Kier alpha value is -0.530. The van der Waals surface area contributed by atoms with Gasteiger partial charge in [0.15, 0.2) is 5.90 Å². The van der Waals surface area contributed by atoms with Crippen molar-refractivity contribution in [3.8, 4) is 0 Å². The second-order valence-electron chi connectivity index (χ2n) is 3.35. The number of methoxy groups -OCH3 is 1. The second-order valence-corrected chi connectivity index (χ2v) is 3.35. The third-order valence-corrected chi connectivity index (χ3v) is 2.71. The molecule has 2 nitrogen and oxygen atoms in total. The lowest BCUT2D eigenvalue weighted by Crippen LogP contribution is -2.11. The minimum atomic E-state index is 0.421. The van der Waals surface area contributed by atoms with Crippen LogP contribution in [0.5, 0.6) is 0 Å². The van der Waals surface area contributed by atoms with Crippen LogP contribution in [0.25, 0.3) is 0 Å². The standard InChI is InChI=1S/C9H17NO/c1-3-7-4-5-8(6-7)9(10)11-2/h7-8,10H,3-6H2,1-2H3. The molecule has 0 aromatic heterocycles. The molecule has 1 fully saturated rings. The normalized spacial score (nSPS) is 30.4. The molecule has 1 aliphatic rings. The number of hydrogen-bond acceptors (Lipinski definition) is 2. The largest absolute Gasteiger partial charge is 0.484 e. The Morgan fingerprint density at radius 2 is 2.27 bits per heavy atom. The SMILES string of the molecule is CCC1CCC(C(=N)OC)C1. The Kier molecular flexibility index (Phi) is 2.92. The van der Waals surface area contributed by atoms with Crippen molar-refractivity contribution in [1.82, 2.24) is 0 Å². The van der Waals surface area contributed by atoms with Gasteiger partial charge in [-0.1, -0.05) is 13.3 Å². The van der Waals surface area contributed by atoms with Crippen LogP contribution in [0.2, 0.25) is 0 Å². The van der Waals surface area contributed by atoms with Gasteiger partial charge < -0.3 is 4.74 Å². The molecule has 1 rings (SSSR count). The summed E-state index contributed by atoms with van der Waals surface area (Å²) in [6, 6.07) is 0. The molecule has 1 aliphatic carbocycles. The van der Waals surface area contributed by atoms with Gasteiger partial charge >= 0.3 is 0 Å². The van der Waals surface area contributed by atoms with Crippen LogP contribution in [-0.2, 0) is 4.74 Å². The Labute approximate surface area is 68.5 Å². The topological polar surface area (TPSA) is 33.1 Å². The summed E-state index contributed by atoms with van der Waals surface area (Å²) in [5, 5.41) is 7.48. The fourth-order valence-electron chi connectivity index (χ4n) is 1.85. The third-order valence-electron chi connectivity index (χ3n) is 2.71. The summed E-state index contributed by atoms with van der Waals surface area (Å²) < 4.78 is 4.91. The molecular formula is C9H17NO. The average Bonchev–Trinajstić information content (AvgIpc) is 2.50. The second kappa shape index (κ2) is 3.74. The van der Waals surface area contributed by atoms with Crippen LogP contribution in [0, 0.1) is 17.2 Å². The molecule has 64 valence electrons. The molecule has 0 aromatic carbocycles. The van der Waals surface area contributed by atoms with Gasteiger partial charge in [0.05, 0.1) is 7.11 Å². The van der Waals surface area contributed by atoms with Gasteiger partial charge in [0.1, 0.15) is 0 Å². The fourth-order valence-corrected chi connectivity index (χ4v) is 1.85. The highest BCUT2D eigenvalue weighted by Crippen LogP contribution is 2.33. The average molecular weight is 155 g/mol. The lowest BCUT2D eigenvalue weighted by Gasteiger charge is -2.09. The highest BCUT2D eigenvalue weighted by atomic mass is 16.5. The maximum absolute atomic E-state index is 7.48. The number of hydrogen-bond donors (Lipinski definition) is 1. The van der Waals surface area contributed by atoms with Crippen molar-refractivity contribution in [2.75, 3.05) is 7.11 Å². The maximum atomic E-state index is 7.48. The first kappa shape index (κ1) is 8.57. The van der Waals surface area contributed by atoms with E-state index in [1.54, 1.807) is 7.11 Å². The molecule has 2 unspecified atom stereocenters. The van der Waals surface area contributed by atoms with Gasteiger partial charge in [-0.25, -0.2) is 0 Å². The van der Waals surface area contributed by atoms with Crippen LogP contribution in [-0.4, -0.2) is 13.0 Å². The highest BCUT2D eigenvalue weighted by molar-refractivity contribution is 5.75. The summed E-state index contributed by atoms with van der Waals surface area (Å²) >= 11 is 0. The van der Waals surface area contributed by atoms with Gasteiger partial charge in [-0.15, -0.1) is 0 Å². The van der Waals surface area contributed by atoms with Gasteiger partial charge in [-0.3, -0.25) is 5.41 Å². The molecule has 1 saturated carbocycles. The van der Waals surface area contributed by atoms with E-state index in [2.05, 4.69) is 6.92 Å². The zero-order valence-electron chi connectivity index (χ0n) is 7.39. The molecule has 1 N–H and O–H groups in total. The Bertz CT molecular complexity index is 144. The molecule has 0 saturated heterocycles. The Morgan fingerprint density at radius 3 is 2.73 bits per heavy atom. The zero-order valence-corrected chi connectivity index (χ0v) is 7.39. The van der Waals surface area contributed by atoms with Crippen molar-refractivity contribution in [3.63, 3.8) is 0 Å². The van der Waals surface area contributed by atoms with E-state index >= 15 is 0 Å². The molecule has 0 spiro atoms. The van der Waals surface area contributed by atoms with Gasteiger partial charge in [0.25, 0.3) is 0 Å². The molecule has 0 amide bonds. The molecule has 11 heavy (non-hydrogen) atoms. The monoisotopic (exact) mass is 155 g/mol. The minimum Gasteiger partial charge on any atom is -0.484 e. The molecule has 2 heteroatoms. The van der Waals surface area contributed by atoms with E-state index in [4.69, 9.17) is 10.1 Å². The summed E-state index contributed by atoms with van der Waals surface area (Å²) in [5.74, 6) is 1.75.